The Bertz CT molecular complexity index is 868. The maximum atomic E-state index is 13.3. The molecule has 0 aliphatic rings. The van der Waals surface area contributed by atoms with Crippen molar-refractivity contribution < 1.29 is 22.7 Å². The number of rotatable bonds is 4. The topological polar surface area (TPSA) is 83.5 Å². The predicted molar refractivity (Wildman–Crippen MR) is 89.3 cm³/mol. The number of carboxylic acids is 1. The van der Waals surface area contributed by atoms with Gasteiger partial charge in [0.05, 0.1) is 16.1 Å². The minimum atomic E-state index is -4.03. The second-order valence-electron chi connectivity index (χ2n) is 6.37. The molecule has 2 rings (SSSR count). The Balaban J connectivity index is 2.39. The number of halogens is 1. The quantitative estimate of drug-likeness (QED) is 0.881. The molecule has 0 amide bonds. The molecule has 0 radical (unpaired) electrons. The number of nitrogens with one attached hydrogen (secondary N) is 1. The molecule has 0 fully saturated rings. The largest absolute Gasteiger partial charge is 0.478 e. The van der Waals surface area contributed by atoms with Gasteiger partial charge >= 0.3 is 5.97 Å². The highest BCUT2D eigenvalue weighted by Gasteiger charge is 2.20. The molecule has 24 heavy (non-hydrogen) atoms. The van der Waals surface area contributed by atoms with Gasteiger partial charge in [0.15, 0.2) is 0 Å². The van der Waals surface area contributed by atoms with E-state index in [1.165, 1.54) is 12.1 Å². The van der Waals surface area contributed by atoms with Crippen molar-refractivity contribution in [3.05, 3.63) is 59.4 Å². The van der Waals surface area contributed by atoms with Crippen molar-refractivity contribution in [2.45, 2.75) is 31.1 Å². The first-order chi connectivity index (χ1) is 11.0. The Morgan fingerprint density at radius 3 is 2.17 bits per heavy atom. The summed E-state index contributed by atoms with van der Waals surface area (Å²) < 4.78 is 40.3. The molecule has 2 aromatic carbocycles. The number of benzene rings is 2. The summed E-state index contributed by atoms with van der Waals surface area (Å²) in [6.45, 7) is 6.00. The monoisotopic (exact) mass is 351 g/mol. The summed E-state index contributed by atoms with van der Waals surface area (Å²) in [6.07, 6.45) is 0. The highest BCUT2D eigenvalue weighted by Crippen LogP contribution is 2.25. The average Bonchev–Trinajstić information content (AvgIpc) is 2.45. The maximum absolute atomic E-state index is 13.3. The van der Waals surface area contributed by atoms with E-state index in [1.54, 1.807) is 12.1 Å². The third-order valence-corrected chi connectivity index (χ3v) is 4.87. The lowest BCUT2D eigenvalue weighted by Gasteiger charge is -2.19. The molecule has 0 atom stereocenters. The van der Waals surface area contributed by atoms with E-state index in [-0.39, 0.29) is 21.6 Å². The Labute approximate surface area is 140 Å². The zero-order valence-corrected chi connectivity index (χ0v) is 14.3. The Morgan fingerprint density at radius 1 is 1.08 bits per heavy atom. The van der Waals surface area contributed by atoms with Crippen LogP contribution in [0.1, 0.15) is 36.7 Å². The second-order valence-corrected chi connectivity index (χ2v) is 8.06. The van der Waals surface area contributed by atoms with Crippen LogP contribution >= 0.6 is 0 Å². The zero-order valence-electron chi connectivity index (χ0n) is 13.5. The van der Waals surface area contributed by atoms with E-state index in [2.05, 4.69) is 4.72 Å². The van der Waals surface area contributed by atoms with E-state index >= 15 is 0 Å². The molecule has 0 unspecified atom stereocenters. The normalized spacial score (nSPS) is 12.0. The van der Waals surface area contributed by atoms with E-state index in [1.807, 2.05) is 20.8 Å². The summed E-state index contributed by atoms with van der Waals surface area (Å²) >= 11 is 0. The molecule has 2 aromatic rings. The minimum Gasteiger partial charge on any atom is -0.478 e. The molecule has 2 N–H and O–H groups in total. The van der Waals surface area contributed by atoms with Gasteiger partial charge in [-0.1, -0.05) is 32.9 Å². The van der Waals surface area contributed by atoms with E-state index < -0.39 is 21.8 Å². The molecular formula is C17H18FNO4S. The van der Waals surface area contributed by atoms with E-state index in [0.29, 0.717) is 0 Å². The van der Waals surface area contributed by atoms with Crippen molar-refractivity contribution in [3.63, 3.8) is 0 Å². The van der Waals surface area contributed by atoms with Crippen LogP contribution in [0.4, 0.5) is 10.1 Å². The summed E-state index contributed by atoms with van der Waals surface area (Å²) in [5.41, 5.74) is 0.182. The van der Waals surface area contributed by atoms with Crippen LogP contribution in [0.5, 0.6) is 0 Å². The van der Waals surface area contributed by atoms with Gasteiger partial charge in [-0.15, -0.1) is 0 Å². The smallest absolute Gasteiger partial charge is 0.337 e. The summed E-state index contributed by atoms with van der Waals surface area (Å²) in [5, 5.41) is 9.09. The lowest BCUT2D eigenvalue weighted by molar-refractivity contribution is 0.0698. The molecule has 0 bridgehead atoms. The maximum Gasteiger partial charge on any atom is 0.337 e. The Kier molecular flexibility index (Phi) is 4.66. The lowest BCUT2D eigenvalue weighted by Crippen LogP contribution is -2.16. The van der Waals surface area contributed by atoms with E-state index in [9.17, 15) is 17.6 Å². The number of carboxylic acid groups (broad SMARTS) is 1. The van der Waals surface area contributed by atoms with Gasteiger partial charge in [0.2, 0.25) is 0 Å². The van der Waals surface area contributed by atoms with Crippen molar-refractivity contribution in [1.29, 1.82) is 0 Å². The van der Waals surface area contributed by atoms with Gasteiger partial charge in [0.25, 0.3) is 10.0 Å². The van der Waals surface area contributed by atoms with Gasteiger partial charge < -0.3 is 5.11 Å². The third kappa shape index (κ3) is 3.91. The lowest BCUT2D eigenvalue weighted by atomic mass is 9.87. The van der Waals surface area contributed by atoms with Crippen LogP contribution in [0.2, 0.25) is 0 Å². The molecule has 0 saturated carbocycles. The molecule has 0 aliphatic heterocycles. The third-order valence-electron chi connectivity index (χ3n) is 3.49. The van der Waals surface area contributed by atoms with Gasteiger partial charge in [-0.25, -0.2) is 17.6 Å². The summed E-state index contributed by atoms with van der Waals surface area (Å²) in [4.78, 5) is 11.1. The molecule has 0 saturated heterocycles. The van der Waals surface area contributed by atoms with Crippen LogP contribution in [0.3, 0.4) is 0 Å². The number of hydrogen-bond acceptors (Lipinski definition) is 3. The molecule has 0 heterocycles. The number of sulfonamides is 1. The van der Waals surface area contributed by atoms with Gasteiger partial charge in [0.1, 0.15) is 5.82 Å². The van der Waals surface area contributed by atoms with Gasteiger partial charge in [-0.3, -0.25) is 4.72 Å². The van der Waals surface area contributed by atoms with Crippen LogP contribution in [-0.4, -0.2) is 19.5 Å². The summed E-state index contributed by atoms with van der Waals surface area (Å²) in [6, 6.07) is 9.06. The van der Waals surface area contributed by atoms with E-state index in [4.69, 9.17) is 5.11 Å². The fourth-order valence-corrected chi connectivity index (χ4v) is 3.20. The zero-order chi connectivity index (χ0) is 18.1. The van der Waals surface area contributed by atoms with Crippen LogP contribution < -0.4 is 4.72 Å². The highest BCUT2D eigenvalue weighted by molar-refractivity contribution is 7.92. The SMILES string of the molecule is CC(C)(C)c1ccc(S(=O)(=O)Nc2cc(F)ccc2C(=O)O)cc1. The minimum absolute atomic E-state index is 0.0314. The standard InChI is InChI=1S/C17H18FNO4S/c1-17(2,3)11-4-7-13(8-5-11)24(22,23)19-15-10-12(18)6-9-14(15)16(20)21/h4-10,19H,1-3H3,(H,20,21). The molecule has 0 spiro atoms. The molecule has 128 valence electrons. The molecule has 5 nitrogen and oxygen atoms in total. The predicted octanol–water partition coefficient (Wildman–Crippen LogP) is 3.62. The van der Waals surface area contributed by atoms with Crippen LogP contribution in [0.25, 0.3) is 0 Å². The van der Waals surface area contributed by atoms with Crippen molar-refractivity contribution in [2.75, 3.05) is 4.72 Å². The molecule has 0 aliphatic carbocycles. The van der Waals surface area contributed by atoms with Gasteiger partial charge in [-0.05, 0) is 41.3 Å². The molecule has 0 aromatic heterocycles. The second kappa shape index (κ2) is 6.24. The molecular weight excluding hydrogens is 333 g/mol. The van der Waals surface area contributed by atoms with E-state index in [0.717, 1.165) is 23.8 Å². The fourth-order valence-electron chi connectivity index (χ4n) is 2.13. The van der Waals surface area contributed by atoms with Gasteiger partial charge in [-0.2, -0.15) is 0 Å². The number of hydrogen-bond donors (Lipinski definition) is 2. The first-order valence-electron chi connectivity index (χ1n) is 7.17. The van der Waals surface area contributed by atoms with Crippen molar-refractivity contribution in [2.24, 2.45) is 0 Å². The Morgan fingerprint density at radius 2 is 1.67 bits per heavy atom. The number of anilines is 1. The number of aromatic carboxylic acids is 1. The summed E-state index contributed by atoms with van der Waals surface area (Å²) in [5.74, 6) is -2.09. The van der Waals surface area contributed by atoms with Crippen LogP contribution in [0, 0.1) is 5.82 Å². The van der Waals surface area contributed by atoms with Crippen molar-refractivity contribution in [1.82, 2.24) is 0 Å². The fraction of sp³-hybridized carbons (Fsp3) is 0.235. The molecule has 7 heteroatoms. The summed E-state index contributed by atoms with van der Waals surface area (Å²) in [7, 11) is -4.03. The van der Waals surface area contributed by atoms with Crippen LogP contribution in [0.15, 0.2) is 47.4 Å². The number of carbonyl (C=O) groups is 1. The van der Waals surface area contributed by atoms with Crippen molar-refractivity contribution >= 4 is 21.7 Å². The average molecular weight is 351 g/mol. The van der Waals surface area contributed by atoms with Crippen LogP contribution in [-0.2, 0) is 15.4 Å². The van der Waals surface area contributed by atoms with Gasteiger partial charge in [0, 0.05) is 0 Å². The Hall–Kier alpha value is -2.41. The van der Waals surface area contributed by atoms with Crippen molar-refractivity contribution in [3.8, 4) is 0 Å². The highest BCUT2D eigenvalue weighted by atomic mass is 32.2. The first kappa shape index (κ1) is 17.9. The first-order valence-corrected chi connectivity index (χ1v) is 8.65.